The zero-order chi connectivity index (χ0) is 9.80. The lowest BCUT2D eigenvalue weighted by Gasteiger charge is -2.02. The average Bonchev–Trinajstić information content (AvgIpc) is 2.72. The van der Waals surface area contributed by atoms with Crippen molar-refractivity contribution < 1.29 is 4.79 Å². The largest absolute Gasteiger partial charge is 0.271 e. The highest BCUT2D eigenvalue weighted by molar-refractivity contribution is 5.99. The molecule has 1 amide bonds. The van der Waals surface area contributed by atoms with Crippen LogP contribution in [-0.2, 0) is 0 Å². The molecule has 1 aromatic carbocycles. The van der Waals surface area contributed by atoms with Crippen LogP contribution in [0, 0.1) is 0 Å². The molecule has 5 nitrogen and oxygen atoms in total. The van der Waals surface area contributed by atoms with Gasteiger partial charge in [-0.3, -0.25) is 4.79 Å². The number of aromatic nitrogens is 3. The Hall–Kier alpha value is -2.17. The van der Waals surface area contributed by atoms with Crippen molar-refractivity contribution in [2.75, 3.05) is 5.43 Å². The van der Waals surface area contributed by atoms with Crippen LogP contribution in [0.5, 0.6) is 0 Å². The van der Waals surface area contributed by atoms with Crippen LogP contribution in [0.2, 0.25) is 0 Å². The second-order valence-corrected chi connectivity index (χ2v) is 2.65. The van der Waals surface area contributed by atoms with Crippen molar-refractivity contribution in [2.24, 2.45) is 0 Å². The van der Waals surface area contributed by atoms with Crippen molar-refractivity contribution in [1.82, 2.24) is 15.1 Å². The summed E-state index contributed by atoms with van der Waals surface area (Å²) in [5.41, 5.74) is 3.13. The number of benzene rings is 1. The topological polar surface area (TPSA) is 59.8 Å². The number of hydrogen-bond acceptors (Lipinski definition) is 3. The summed E-state index contributed by atoms with van der Waals surface area (Å²) in [5, 5.41) is 7.18. The lowest BCUT2D eigenvalue weighted by molar-refractivity contribution is 0.100. The van der Waals surface area contributed by atoms with E-state index in [4.69, 9.17) is 0 Å². The van der Waals surface area contributed by atoms with Crippen LogP contribution in [0.1, 0.15) is 10.4 Å². The van der Waals surface area contributed by atoms with E-state index in [9.17, 15) is 4.79 Å². The lowest BCUT2D eigenvalue weighted by Crippen LogP contribution is -2.23. The van der Waals surface area contributed by atoms with Gasteiger partial charge < -0.3 is 0 Å². The third-order valence-corrected chi connectivity index (χ3v) is 1.67. The summed E-state index contributed by atoms with van der Waals surface area (Å²) >= 11 is 0. The molecule has 0 unspecified atom stereocenters. The second-order valence-electron chi connectivity index (χ2n) is 2.65. The van der Waals surface area contributed by atoms with Gasteiger partial charge in [0, 0.05) is 5.56 Å². The fourth-order valence-electron chi connectivity index (χ4n) is 1.03. The normalized spacial score (nSPS) is 9.71. The van der Waals surface area contributed by atoms with Gasteiger partial charge in [-0.25, -0.2) is 5.43 Å². The average molecular weight is 188 g/mol. The minimum absolute atomic E-state index is 0.212. The molecular formula is C9H8N4O. The molecule has 1 aromatic heterocycles. The first-order valence-corrected chi connectivity index (χ1v) is 4.09. The molecule has 14 heavy (non-hydrogen) atoms. The van der Waals surface area contributed by atoms with Crippen LogP contribution < -0.4 is 5.43 Å². The summed E-state index contributed by atoms with van der Waals surface area (Å²) in [6, 6.07) is 8.91. The summed E-state index contributed by atoms with van der Waals surface area (Å²) < 4.78 is 0. The second kappa shape index (κ2) is 3.69. The van der Waals surface area contributed by atoms with Gasteiger partial charge in [0.1, 0.15) is 0 Å². The van der Waals surface area contributed by atoms with E-state index in [2.05, 4.69) is 15.7 Å². The number of carbonyl (C=O) groups excluding carboxylic acids is 1. The molecule has 0 spiro atoms. The van der Waals surface area contributed by atoms with Crippen LogP contribution in [0.3, 0.4) is 0 Å². The minimum Gasteiger partial charge on any atom is -0.267 e. The minimum atomic E-state index is -0.212. The molecule has 70 valence electrons. The summed E-state index contributed by atoms with van der Waals surface area (Å²) in [7, 11) is 0. The van der Waals surface area contributed by atoms with Crippen LogP contribution in [0.15, 0.2) is 42.7 Å². The summed E-state index contributed by atoms with van der Waals surface area (Å²) in [6.45, 7) is 0. The van der Waals surface area contributed by atoms with Gasteiger partial charge in [0.25, 0.3) is 5.91 Å². The van der Waals surface area contributed by atoms with Crippen molar-refractivity contribution in [3.05, 3.63) is 48.3 Å². The highest BCUT2D eigenvalue weighted by atomic mass is 16.2. The summed E-state index contributed by atoms with van der Waals surface area (Å²) in [4.78, 5) is 12.8. The van der Waals surface area contributed by atoms with E-state index < -0.39 is 0 Å². The van der Waals surface area contributed by atoms with Crippen molar-refractivity contribution in [2.45, 2.75) is 0 Å². The van der Waals surface area contributed by atoms with Gasteiger partial charge in [0.2, 0.25) is 0 Å². The molecule has 1 N–H and O–H groups in total. The van der Waals surface area contributed by atoms with E-state index in [0.29, 0.717) is 5.56 Å². The molecule has 5 heteroatoms. The van der Waals surface area contributed by atoms with Crippen LogP contribution in [-0.4, -0.2) is 21.0 Å². The van der Waals surface area contributed by atoms with Crippen molar-refractivity contribution in [1.29, 1.82) is 0 Å². The zero-order valence-corrected chi connectivity index (χ0v) is 7.29. The van der Waals surface area contributed by atoms with Gasteiger partial charge in [-0.1, -0.05) is 18.2 Å². The summed E-state index contributed by atoms with van der Waals surface area (Å²) in [5.74, 6) is -0.212. The van der Waals surface area contributed by atoms with Gasteiger partial charge in [0.15, 0.2) is 0 Å². The molecule has 1 heterocycles. The molecule has 0 bridgehead atoms. The maximum atomic E-state index is 11.5. The number of rotatable bonds is 2. The number of amides is 1. The maximum absolute atomic E-state index is 11.5. The first-order chi connectivity index (χ1) is 6.86. The fourth-order valence-corrected chi connectivity index (χ4v) is 1.03. The first-order valence-electron chi connectivity index (χ1n) is 4.09. The predicted molar refractivity (Wildman–Crippen MR) is 50.2 cm³/mol. The van der Waals surface area contributed by atoms with Crippen molar-refractivity contribution in [3.8, 4) is 0 Å². The molecule has 0 radical (unpaired) electrons. The molecule has 2 rings (SSSR count). The van der Waals surface area contributed by atoms with Gasteiger partial charge in [-0.2, -0.15) is 4.79 Å². The molecule has 2 aromatic rings. The van der Waals surface area contributed by atoms with E-state index >= 15 is 0 Å². The molecule has 0 atom stereocenters. The standard InChI is InChI=1S/C9H8N4O/c14-9(8-4-2-1-3-5-8)11-13-7-6-10-12-13/h1-7H,(H,11,14). The Morgan fingerprint density at radius 3 is 2.71 bits per heavy atom. The third kappa shape index (κ3) is 1.77. The molecule has 0 aliphatic heterocycles. The summed E-state index contributed by atoms with van der Waals surface area (Å²) in [6.07, 6.45) is 3.05. The molecule has 0 aliphatic carbocycles. The first kappa shape index (κ1) is 8.43. The number of carbonyl (C=O) groups is 1. The predicted octanol–water partition coefficient (Wildman–Crippen LogP) is 0.662. The Balaban J connectivity index is 2.11. The lowest BCUT2D eigenvalue weighted by atomic mass is 10.2. The zero-order valence-electron chi connectivity index (χ0n) is 7.29. The van der Waals surface area contributed by atoms with E-state index in [1.165, 1.54) is 11.0 Å². The van der Waals surface area contributed by atoms with Gasteiger partial charge >= 0.3 is 0 Å². The van der Waals surface area contributed by atoms with Crippen molar-refractivity contribution >= 4 is 5.91 Å². The molecule has 0 fully saturated rings. The van der Waals surface area contributed by atoms with E-state index in [1.54, 1.807) is 30.5 Å². The Kier molecular flexibility index (Phi) is 2.22. The third-order valence-electron chi connectivity index (χ3n) is 1.67. The SMILES string of the molecule is O=C(Nn1ccnn1)c1ccccc1. The number of hydrogen-bond donors (Lipinski definition) is 1. The van der Waals surface area contributed by atoms with Gasteiger partial charge in [0.05, 0.1) is 12.4 Å². The number of nitrogens with zero attached hydrogens (tertiary/aromatic N) is 3. The molecular weight excluding hydrogens is 180 g/mol. The van der Waals surface area contributed by atoms with Crippen LogP contribution in [0.25, 0.3) is 0 Å². The molecule has 0 saturated heterocycles. The van der Waals surface area contributed by atoms with E-state index in [1.807, 2.05) is 6.07 Å². The Bertz CT molecular complexity index is 410. The van der Waals surface area contributed by atoms with E-state index in [0.717, 1.165) is 0 Å². The van der Waals surface area contributed by atoms with Crippen molar-refractivity contribution in [3.63, 3.8) is 0 Å². The smallest absolute Gasteiger partial charge is 0.267 e. The Morgan fingerprint density at radius 1 is 1.29 bits per heavy atom. The number of nitrogens with one attached hydrogen (secondary N) is 1. The van der Waals surface area contributed by atoms with Gasteiger partial charge in [-0.15, -0.1) is 5.10 Å². The maximum Gasteiger partial charge on any atom is 0.271 e. The highest BCUT2D eigenvalue weighted by Crippen LogP contribution is 1.98. The van der Waals surface area contributed by atoms with Gasteiger partial charge in [-0.05, 0) is 17.3 Å². The Morgan fingerprint density at radius 2 is 2.07 bits per heavy atom. The van der Waals surface area contributed by atoms with Crippen LogP contribution >= 0.6 is 0 Å². The molecule has 0 aliphatic rings. The Labute approximate surface area is 80.3 Å². The fraction of sp³-hybridized carbons (Fsp3) is 0. The highest BCUT2D eigenvalue weighted by Gasteiger charge is 2.03. The quantitative estimate of drug-likeness (QED) is 0.753. The van der Waals surface area contributed by atoms with Crippen LogP contribution in [0.4, 0.5) is 0 Å². The molecule has 0 saturated carbocycles. The monoisotopic (exact) mass is 188 g/mol. The van der Waals surface area contributed by atoms with E-state index in [-0.39, 0.29) is 5.91 Å².